The van der Waals surface area contributed by atoms with Gasteiger partial charge in [0.1, 0.15) is 11.5 Å². The van der Waals surface area contributed by atoms with E-state index < -0.39 is 0 Å². The fourth-order valence-corrected chi connectivity index (χ4v) is 3.86. The van der Waals surface area contributed by atoms with Gasteiger partial charge in [0, 0.05) is 29.9 Å². The van der Waals surface area contributed by atoms with Crippen LogP contribution in [0.25, 0.3) is 0 Å². The van der Waals surface area contributed by atoms with Crippen LogP contribution in [0.15, 0.2) is 42.7 Å². The third-order valence-electron chi connectivity index (χ3n) is 5.44. The summed E-state index contributed by atoms with van der Waals surface area (Å²) >= 11 is 0. The maximum atomic E-state index is 12.6. The molecule has 1 unspecified atom stereocenters. The number of nitrogens with one attached hydrogen (secondary N) is 1. The highest BCUT2D eigenvalue weighted by Crippen LogP contribution is 2.28. The number of nitrogens with zero attached hydrogens (tertiary/aromatic N) is 2. The van der Waals surface area contributed by atoms with Gasteiger partial charge in [0.25, 0.3) is 5.91 Å². The molecule has 3 aliphatic heterocycles. The fourth-order valence-electron chi connectivity index (χ4n) is 3.86. The van der Waals surface area contributed by atoms with Crippen LogP contribution in [0.2, 0.25) is 0 Å². The number of benzene rings is 1. The molecule has 5 rings (SSSR count). The zero-order chi connectivity index (χ0) is 18.8. The molecule has 2 aromatic rings. The van der Waals surface area contributed by atoms with Crippen LogP contribution in [0.5, 0.6) is 11.5 Å². The second-order valence-electron chi connectivity index (χ2n) is 7.31. The third kappa shape index (κ3) is 4.01. The van der Waals surface area contributed by atoms with Gasteiger partial charge in [-0.2, -0.15) is 0 Å². The topological polar surface area (TPSA) is 71.5 Å². The van der Waals surface area contributed by atoms with Crippen molar-refractivity contribution < 1.29 is 14.3 Å². The van der Waals surface area contributed by atoms with Crippen LogP contribution < -0.4 is 10.1 Å². The molecule has 1 aromatic carbocycles. The first-order valence-electron chi connectivity index (χ1n) is 9.35. The second kappa shape index (κ2) is 7.48. The Hall–Kier alpha value is -2.73. The maximum absolute atomic E-state index is 12.6. The number of piperidine rings is 3. The summed E-state index contributed by atoms with van der Waals surface area (Å²) in [5.41, 5.74) is 1.12. The Morgan fingerprint density at radius 2 is 1.81 bits per heavy atom. The van der Waals surface area contributed by atoms with Gasteiger partial charge in [0.15, 0.2) is 5.78 Å². The number of ketones is 1. The Kier molecular flexibility index (Phi) is 4.90. The average molecular weight is 365 g/mol. The second-order valence-corrected chi connectivity index (χ2v) is 7.31. The van der Waals surface area contributed by atoms with E-state index >= 15 is 0 Å². The van der Waals surface area contributed by atoms with Crippen molar-refractivity contribution in [2.75, 3.05) is 19.6 Å². The number of amides is 1. The molecule has 1 N–H and O–H groups in total. The number of Topliss-reactive ketones (excluding diaryl/α,β-unsaturated/α-hetero) is 1. The molecule has 6 heteroatoms. The fraction of sp³-hybridized carbons (Fsp3) is 0.381. The summed E-state index contributed by atoms with van der Waals surface area (Å²) in [6.07, 6.45) is 5.41. The molecule has 2 bridgehead atoms. The van der Waals surface area contributed by atoms with Crippen LogP contribution in [0, 0.1) is 5.92 Å². The molecule has 27 heavy (non-hydrogen) atoms. The highest BCUT2D eigenvalue weighted by atomic mass is 16.5. The van der Waals surface area contributed by atoms with E-state index in [0.717, 1.165) is 19.6 Å². The minimum atomic E-state index is -0.0623. The van der Waals surface area contributed by atoms with Crippen molar-refractivity contribution in [2.45, 2.75) is 25.8 Å². The first-order valence-corrected chi connectivity index (χ1v) is 9.35. The first kappa shape index (κ1) is 17.7. The summed E-state index contributed by atoms with van der Waals surface area (Å²) < 4.78 is 5.74. The Bertz CT molecular complexity index is 842. The Morgan fingerprint density at radius 3 is 2.44 bits per heavy atom. The van der Waals surface area contributed by atoms with E-state index in [1.807, 2.05) is 0 Å². The van der Waals surface area contributed by atoms with Gasteiger partial charge in [-0.25, -0.2) is 0 Å². The SMILES string of the molecule is CC(=O)c1cncc(Oc2ccc(C(=O)NC3CN4CCC3CC4)cc2)c1. The predicted molar refractivity (Wildman–Crippen MR) is 101 cm³/mol. The van der Waals surface area contributed by atoms with Crippen LogP contribution in [0.3, 0.4) is 0 Å². The van der Waals surface area contributed by atoms with E-state index in [4.69, 9.17) is 4.74 Å². The number of fused-ring (bicyclic) bond motifs is 3. The van der Waals surface area contributed by atoms with E-state index in [1.165, 1.54) is 26.0 Å². The largest absolute Gasteiger partial charge is 0.456 e. The lowest BCUT2D eigenvalue weighted by molar-refractivity contribution is 0.0620. The monoisotopic (exact) mass is 365 g/mol. The molecule has 1 atom stereocenters. The van der Waals surface area contributed by atoms with Crippen LogP contribution >= 0.6 is 0 Å². The molecule has 6 nitrogen and oxygen atoms in total. The predicted octanol–water partition coefficient (Wildman–Crippen LogP) is 2.90. The van der Waals surface area contributed by atoms with E-state index in [1.54, 1.807) is 36.5 Å². The minimum Gasteiger partial charge on any atom is -0.456 e. The van der Waals surface area contributed by atoms with E-state index in [9.17, 15) is 9.59 Å². The molecule has 3 aliphatic rings. The molecule has 4 heterocycles. The zero-order valence-electron chi connectivity index (χ0n) is 15.4. The van der Waals surface area contributed by atoms with Gasteiger partial charge in [0.05, 0.1) is 6.20 Å². The zero-order valence-corrected chi connectivity index (χ0v) is 15.4. The minimum absolute atomic E-state index is 0.0412. The van der Waals surface area contributed by atoms with Gasteiger partial charge in [-0.3, -0.25) is 14.6 Å². The summed E-state index contributed by atoms with van der Waals surface area (Å²) in [7, 11) is 0. The van der Waals surface area contributed by atoms with Crippen molar-refractivity contribution >= 4 is 11.7 Å². The molecule has 3 fully saturated rings. The van der Waals surface area contributed by atoms with Crippen LogP contribution in [0.1, 0.15) is 40.5 Å². The van der Waals surface area contributed by atoms with Gasteiger partial charge in [-0.15, -0.1) is 0 Å². The Labute approximate surface area is 158 Å². The lowest BCUT2D eigenvalue weighted by Gasteiger charge is -2.44. The molecular formula is C21H23N3O3. The van der Waals surface area contributed by atoms with Crippen molar-refractivity contribution in [3.05, 3.63) is 53.9 Å². The molecule has 140 valence electrons. The summed E-state index contributed by atoms with van der Waals surface area (Å²) in [5, 5.41) is 3.19. The maximum Gasteiger partial charge on any atom is 0.251 e. The average Bonchev–Trinajstić information content (AvgIpc) is 2.69. The van der Waals surface area contributed by atoms with Gasteiger partial charge < -0.3 is 15.0 Å². The molecule has 0 saturated carbocycles. The highest BCUT2D eigenvalue weighted by Gasteiger charge is 2.34. The summed E-state index contributed by atoms with van der Waals surface area (Å²) in [6, 6.07) is 8.93. The smallest absolute Gasteiger partial charge is 0.251 e. The van der Waals surface area contributed by atoms with Crippen molar-refractivity contribution in [2.24, 2.45) is 5.92 Å². The number of ether oxygens (including phenoxy) is 1. The standard InChI is InChI=1S/C21H23N3O3/c1-14(25)17-10-19(12-22-11-17)27-18-4-2-16(3-5-18)21(26)23-20-13-24-8-6-15(20)7-9-24/h2-5,10-12,15,20H,6-9,13H2,1H3,(H,23,26). The molecule has 1 amide bonds. The molecule has 0 spiro atoms. The molecular weight excluding hydrogens is 342 g/mol. The quantitative estimate of drug-likeness (QED) is 0.825. The summed E-state index contributed by atoms with van der Waals surface area (Å²) in [6.45, 7) is 4.76. The molecule has 1 aromatic heterocycles. The third-order valence-corrected chi connectivity index (χ3v) is 5.44. The number of carbonyl (C=O) groups excluding carboxylic acids is 2. The van der Waals surface area contributed by atoms with Gasteiger partial charge in [-0.05, 0) is 69.1 Å². The van der Waals surface area contributed by atoms with E-state index in [0.29, 0.717) is 28.5 Å². The first-order chi connectivity index (χ1) is 13.1. The normalized spacial score (nSPS) is 23.7. The lowest BCUT2D eigenvalue weighted by atomic mass is 9.84. The molecule has 0 aliphatic carbocycles. The number of hydrogen-bond donors (Lipinski definition) is 1. The highest BCUT2D eigenvalue weighted by molar-refractivity contribution is 5.95. The lowest BCUT2D eigenvalue weighted by Crippen LogP contribution is -2.57. The van der Waals surface area contributed by atoms with Crippen molar-refractivity contribution in [3.63, 3.8) is 0 Å². The molecule has 3 saturated heterocycles. The number of rotatable bonds is 5. The van der Waals surface area contributed by atoms with Gasteiger partial charge >= 0.3 is 0 Å². The van der Waals surface area contributed by atoms with Gasteiger partial charge in [0.2, 0.25) is 0 Å². The van der Waals surface area contributed by atoms with Crippen LogP contribution in [-0.2, 0) is 0 Å². The molecule has 0 radical (unpaired) electrons. The van der Waals surface area contributed by atoms with Crippen molar-refractivity contribution in [1.29, 1.82) is 0 Å². The number of aromatic nitrogens is 1. The summed E-state index contributed by atoms with van der Waals surface area (Å²) in [4.78, 5) is 30.4. The Balaban J connectivity index is 1.39. The number of carbonyl (C=O) groups is 2. The van der Waals surface area contributed by atoms with Crippen LogP contribution in [-0.4, -0.2) is 47.3 Å². The van der Waals surface area contributed by atoms with Crippen LogP contribution in [0.4, 0.5) is 0 Å². The summed E-state index contributed by atoms with van der Waals surface area (Å²) in [5.74, 6) is 1.58. The van der Waals surface area contributed by atoms with E-state index in [2.05, 4.69) is 15.2 Å². The van der Waals surface area contributed by atoms with Crippen molar-refractivity contribution in [3.8, 4) is 11.5 Å². The number of pyridine rings is 1. The van der Waals surface area contributed by atoms with Gasteiger partial charge in [-0.1, -0.05) is 0 Å². The number of hydrogen-bond acceptors (Lipinski definition) is 5. The van der Waals surface area contributed by atoms with E-state index in [-0.39, 0.29) is 17.7 Å². The van der Waals surface area contributed by atoms with Crippen molar-refractivity contribution in [1.82, 2.24) is 15.2 Å². The Morgan fingerprint density at radius 1 is 1.07 bits per heavy atom.